The number of thiocarbonyl (C=S) groups is 1. The molecular formula is C19H20N2O3S. The van der Waals surface area contributed by atoms with Gasteiger partial charge in [-0.3, -0.25) is 0 Å². The van der Waals surface area contributed by atoms with Crippen molar-refractivity contribution in [2.75, 3.05) is 20.3 Å². The van der Waals surface area contributed by atoms with E-state index < -0.39 is 0 Å². The molecule has 0 saturated carbocycles. The maximum absolute atomic E-state index is 12.7. The first-order valence-electron chi connectivity index (χ1n) is 8.04. The Bertz CT molecular complexity index is 842. The summed E-state index contributed by atoms with van der Waals surface area (Å²) in [4.78, 5) is 12.7. The summed E-state index contributed by atoms with van der Waals surface area (Å²) in [5.74, 6) is -0.380. The number of carbonyl (C=O) groups excluding carboxylic acids is 1. The van der Waals surface area contributed by atoms with Crippen LogP contribution < -0.4 is 10.6 Å². The highest BCUT2D eigenvalue weighted by molar-refractivity contribution is 7.80. The number of allylic oxidation sites excluding steroid dienone is 1. The molecule has 1 unspecified atom stereocenters. The summed E-state index contributed by atoms with van der Waals surface area (Å²) in [6, 6.07) is 13.7. The van der Waals surface area contributed by atoms with Gasteiger partial charge in [0, 0.05) is 12.8 Å². The Labute approximate surface area is 152 Å². The minimum atomic E-state index is -0.380. The van der Waals surface area contributed by atoms with E-state index in [0.717, 1.165) is 16.3 Å². The molecule has 25 heavy (non-hydrogen) atoms. The number of hydrogen-bond acceptors (Lipinski definition) is 4. The molecule has 1 heterocycles. The number of hydrogen-bond donors (Lipinski definition) is 2. The standard InChI is InChI=1S/C19H20N2O3S/c1-12-16(18(22)24-11-10-23-2)17(21-19(25)20-12)15-9-5-7-13-6-3-4-8-14(13)15/h3-9,17H,10-11H2,1-2H3,(H2,20,21,25). The monoisotopic (exact) mass is 356 g/mol. The number of nitrogens with one attached hydrogen (secondary N) is 2. The first-order valence-corrected chi connectivity index (χ1v) is 8.44. The van der Waals surface area contributed by atoms with E-state index in [1.807, 2.05) is 49.4 Å². The maximum atomic E-state index is 12.7. The normalized spacial score (nSPS) is 17.2. The van der Waals surface area contributed by atoms with E-state index in [0.29, 0.717) is 23.0 Å². The SMILES string of the molecule is COCCOC(=O)C1=C(C)NC(=S)NC1c1cccc2ccccc12. The lowest BCUT2D eigenvalue weighted by molar-refractivity contribution is -0.140. The predicted molar refractivity (Wildman–Crippen MR) is 101 cm³/mol. The second kappa shape index (κ2) is 7.63. The summed E-state index contributed by atoms with van der Waals surface area (Å²) in [5.41, 5.74) is 2.21. The fraction of sp³-hybridized carbons (Fsp3) is 0.263. The summed E-state index contributed by atoms with van der Waals surface area (Å²) in [6.07, 6.45) is 0. The molecule has 0 bridgehead atoms. The van der Waals surface area contributed by atoms with E-state index in [1.165, 1.54) is 0 Å². The smallest absolute Gasteiger partial charge is 0.338 e. The Balaban J connectivity index is 2.03. The third-order valence-electron chi connectivity index (χ3n) is 4.14. The van der Waals surface area contributed by atoms with Crippen LogP contribution in [0.5, 0.6) is 0 Å². The minimum absolute atomic E-state index is 0.207. The molecule has 5 nitrogen and oxygen atoms in total. The van der Waals surface area contributed by atoms with E-state index in [1.54, 1.807) is 7.11 Å². The summed E-state index contributed by atoms with van der Waals surface area (Å²) in [5, 5.41) is 8.89. The van der Waals surface area contributed by atoms with Gasteiger partial charge < -0.3 is 20.1 Å². The summed E-state index contributed by atoms with van der Waals surface area (Å²) in [6.45, 7) is 2.40. The lowest BCUT2D eigenvalue weighted by Gasteiger charge is -2.30. The number of rotatable bonds is 5. The number of ether oxygens (including phenoxy) is 2. The molecule has 0 spiro atoms. The molecule has 6 heteroatoms. The lowest BCUT2D eigenvalue weighted by Crippen LogP contribution is -2.45. The first kappa shape index (κ1) is 17.4. The molecule has 2 N–H and O–H groups in total. The van der Waals surface area contributed by atoms with Crippen molar-refractivity contribution in [3.63, 3.8) is 0 Å². The van der Waals surface area contributed by atoms with Gasteiger partial charge in [-0.15, -0.1) is 0 Å². The van der Waals surface area contributed by atoms with Gasteiger partial charge >= 0.3 is 5.97 Å². The maximum Gasteiger partial charge on any atom is 0.338 e. The molecule has 0 saturated heterocycles. The minimum Gasteiger partial charge on any atom is -0.460 e. The van der Waals surface area contributed by atoms with Crippen molar-refractivity contribution in [1.82, 2.24) is 10.6 Å². The Morgan fingerprint density at radius 2 is 1.92 bits per heavy atom. The van der Waals surface area contributed by atoms with Gasteiger partial charge in [-0.25, -0.2) is 4.79 Å². The number of fused-ring (bicyclic) bond motifs is 1. The molecule has 0 fully saturated rings. The molecular weight excluding hydrogens is 336 g/mol. The van der Waals surface area contributed by atoms with Crippen LogP contribution in [-0.4, -0.2) is 31.4 Å². The molecule has 130 valence electrons. The third-order valence-corrected chi connectivity index (χ3v) is 4.36. The largest absolute Gasteiger partial charge is 0.460 e. The van der Waals surface area contributed by atoms with Gasteiger partial charge in [0.25, 0.3) is 0 Å². The van der Waals surface area contributed by atoms with E-state index >= 15 is 0 Å². The highest BCUT2D eigenvalue weighted by Crippen LogP contribution is 2.32. The molecule has 2 aromatic rings. The fourth-order valence-electron chi connectivity index (χ4n) is 3.00. The second-order valence-electron chi connectivity index (χ2n) is 5.77. The van der Waals surface area contributed by atoms with Crippen molar-refractivity contribution in [2.24, 2.45) is 0 Å². The zero-order chi connectivity index (χ0) is 17.8. The molecule has 3 rings (SSSR count). The van der Waals surface area contributed by atoms with Crippen molar-refractivity contribution in [3.8, 4) is 0 Å². The summed E-state index contributed by atoms with van der Waals surface area (Å²) >= 11 is 5.30. The van der Waals surface area contributed by atoms with E-state index in [4.69, 9.17) is 21.7 Å². The van der Waals surface area contributed by atoms with Crippen LogP contribution >= 0.6 is 12.2 Å². The van der Waals surface area contributed by atoms with Crippen LogP contribution in [0.15, 0.2) is 53.7 Å². The van der Waals surface area contributed by atoms with Gasteiger partial charge in [0.1, 0.15) is 6.61 Å². The lowest BCUT2D eigenvalue weighted by atomic mass is 9.91. The highest BCUT2D eigenvalue weighted by Gasteiger charge is 2.31. The molecule has 1 aliphatic heterocycles. The van der Waals surface area contributed by atoms with Gasteiger partial charge in [0.2, 0.25) is 0 Å². The first-order chi connectivity index (χ1) is 12.1. The molecule has 1 aliphatic rings. The molecule has 0 aromatic heterocycles. The molecule has 2 aromatic carbocycles. The topological polar surface area (TPSA) is 59.6 Å². The zero-order valence-electron chi connectivity index (χ0n) is 14.2. The quantitative estimate of drug-likeness (QED) is 0.488. The van der Waals surface area contributed by atoms with Crippen LogP contribution in [0.25, 0.3) is 10.8 Å². The van der Waals surface area contributed by atoms with Crippen molar-refractivity contribution in [2.45, 2.75) is 13.0 Å². The Kier molecular flexibility index (Phi) is 5.31. The number of esters is 1. The van der Waals surface area contributed by atoms with Crippen LogP contribution in [0.1, 0.15) is 18.5 Å². The number of carbonyl (C=O) groups is 1. The van der Waals surface area contributed by atoms with Crippen molar-refractivity contribution in [1.29, 1.82) is 0 Å². The number of methoxy groups -OCH3 is 1. The fourth-order valence-corrected chi connectivity index (χ4v) is 3.27. The van der Waals surface area contributed by atoms with Gasteiger partial charge in [-0.2, -0.15) is 0 Å². The predicted octanol–water partition coefficient (Wildman–Crippen LogP) is 2.82. The van der Waals surface area contributed by atoms with E-state index in [2.05, 4.69) is 10.6 Å². The second-order valence-corrected chi connectivity index (χ2v) is 6.18. The van der Waals surface area contributed by atoms with Crippen LogP contribution in [0.2, 0.25) is 0 Å². The van der Waals surface area contributed by atoms with Gasteiger partial charge in [-0.1, -0.05) is 42.5 Å². The summed E-state index contributed by atoms with van der Waals surface area (Å²) < 4.78 is 10.3. The van der Waals surface area contributed by atoms with Crippen molar-refractivity contribution >= 4 is 34.1 Å². The highest BCUT2D eigenvalue weighted by atomic mass is 32.1. The zero-order valence-corrected chi connectivity index (χ0v) is 15.0. The van der Waals surface area contributed by atoms with Crippen LogP contribution in [0.3, 0.4) is 0 Å². The van der Waals surface area contributed by atoms with Crippen LogP contribution in [0, 0.1) is 0 Å². The van der Waals surface area contributed by atoms with E-state index in [9.17, 15) is 4.79 Å². The van der Waals surface area contributed by atoms with Crippen LogP contribution in [-0.2, 0) is 14.3 Å². The average molecular weight is 356 g/mol. The third kappa shape index (κ3) is 3.65. The van der Waals surface area contributed by atoms with Crippen LogP contribution in [0.4, 0.5) is 0 Å². The Morgan fingerprint density at radius 3 is 2.72 bits per heavy atom. The molecule has 0 amide bonds. The summed E-state index contributed by atoms with van der Waals surface area (Å²) in [7, 11) is 1.57. The molecule has 0 radical (unpaired) electrons. The number of benzene rings is 2. The molecule has 1 atom stereocenters. The van der Waals surface area contributed by atoms with Crippen molar-refractivity contribution in [3.05, 3.63) is 59.3 Å². The van der Waals surface area contributed by atoms with Gasteiger partial charge in [0.15, 0.2) is 5.11 Å². The van der Waals surface area contributed by atoms with E-state index in [-0.39, 0.29) is 18.6 Å². The van der Waals surface area contributed by atoms with Crippen molar-refractivity contribution < 1.29 is 14.3 Å². The molecule has 0 aliphatic carbocycles. The Hall–Kier alpha value is -2.44. The van der Waals surface area contributed by atoms with Gasteiger partial charge in [-0.05, 0) is 35.5 Å². The van der Waals surface area contributed by atoms with Gasteiger partial charge in [0.05, 0.1) is 18.2 Å². The Morgan fingerprint density at radius 1 is 1.16 bits per heavy atom. The average Bonchev–Trinajstić information content (AvgIpc) is 2.60.